The summed E-state index contributed by atoms with van der Waals surface area (Å²) in [5.74, 6) is -2.26. The van der Waals surface area contributed by atoms with Crippen LogP contribution in [0, 0.1) is 0 Å². The molecule has 1 saturated heterocycles. The number of halogens is 5. The van der Waals surface area contributed by atoms with E-state index in [1.807, 2.05) is 0 Å². The lowest BCUT2D eigenvalue weighted by Crippen LogP contribution is -2.53. The number of carbonyl (C=O) groups is 1. The molecule has 1 aromatic carbocycles. The molecule has 2 rings (SSSR count). The van der Waals surface area contributed by atoms with Crippen molar-refractivity contribution in [2.24, 2.45) is 0 Å². The first-order valence-electron chi connectivity index (χ1n) is 6.43. The lowest BCUT2D eigenvalue weighted by atomic mass is 10.2. The van der Waals surface area contributed by atoms with E-state index in [0.717, 1.165) is 5.06 Å². The van der Waals surface area contributed by atoms with Gasteiger partial charge >= 0.3 is 18.8 Å². The van der Waals surface area contributed by atoms with Gasteiger partial charge in [0.25, 0.3) is 0 Å². The van der Waals surface area contributed by atoms with Gasteiger partial charge in [-0.25, -0.2) is 4.79 Å². The normalized spacial score (nSPS) is 16.3. The molecule has 1 heterocycles. The molecule has 0 amide bonds. The number of benzene rings is 1. The maximum absolute atomic E-state index is 12.0. The van der Waals surface area contributed by atoms with Crippen molar-refractivity contribution in [2.45, 2.75) is 25.5 Å². The largest absolute Gasteiger partial charge is 0.492 e. The highest BCUT2D eigenvalue weighted by atomic mass is 19.4. The molecule has 5 nitrogen and oxygen atoms in total. The summed E-state index contributed by atoms with van der Waals surface area (Å²) in [5, 5.41) is 0.847. The van der Waals surface area contributed by atoms with Crippen LogP contribution in [0.4, 0.5) is 22.0 Å². The molecular weight excluding hydrogens is 329 g/mol. The number of nitrogens with zero attached hydrogens (tertiary/aromatic N) is 1. The van der Waals surface area contributed by atoms with E-state index >= 15 is 0 Å². The molecule has 0 spiro atoms. The highest BCUT2D eigenvalue weighted by molar-refractivity contribution is 5.75. The number of hydrogen-bond acceptors (Lipinski definition) is 5. The van der Waals surface area contributed by atoms with Gasteiger partial charge in [0.15, 0.2) is 0 Å². The molecule has 1 fully saturated rings. The monoisotopic (exact) mass is 341 g/mol. The van der Waals surface area contributed by atoms with Gasteiger partial charge in [-0.15, -0.1) is 5.06 Å². The molecule has 128 valence electrons. The molecule has 0 bridgehead atoms. The zero-order valence-electron chi connectivity index (χ0n) is 11.6. The fraction of sp³-hybridized carbons (Fsp3) is 0.462. The molecule has 0 saturated carbocycles. The number of ether oxygens (including phenoxy) is 2. The van der Waals surface area contributed by atoms with E-state index in [9.17, 15) is 26.7 Å². The summed E-state index contributed by atoms with van der Waals surface area (Å²) in [4.78, 5) is 14.7. The van der Waals surface area contributed by atoms with Crippen LogP contribution in [0.3, 0.4) is 0 Å². The number of alkyl halides is 5. The van der Waals surface area contributed by atoms with Crippen molar-refractivity contribution in [3.05, 3.63) is 29.8 Å². The molecule has 10 heteroatoms. The van der Waals surface area contributed by atoms with E-state index in [-0.39, 0.29) is 31.5 Å². The van der Waals surface area contributed by atoms with E-state index in [1.54, 1.807) is 0 Å². The standard InChI is InChI=1S/C13H12F5NO4/c14-12(15)22-9-3-1-8(2-4-9)7-21-10-5-19(6-10)23-11(20)13(16,17)18/h1-4,10,12H,5-7H2. The summed E-state index contributed by atoms with van der Waals surface area (Å²) in [6.07, 6.45) is -5.42. The Balaban J connectivity index is 1.68. The van der Waals surface area contributed by atoms with Crippen LogP contribution >= 0.6 is 0 Å². The SMILES string of the molecule is O=C(ON1CC(OCc2ccc(OC(F)F)cc2)C1)C(F)(F)F. The molecule has 0 atom stereocenters. The molecule has 0 aliphatic carbocycles. The third kappa shape index (κ3) is 5.32. The van der Waals surface area contributed by atoms with Crippen molar-refractivity contribution in [3.8, 4) is 5.75 Å². The van der Waals surface area contributed by atoms with Crippen molar-refractivity contribution in [3.63, 3.8) is 0 Å². The van der Waals surface area contributed by atoms with Crippen molar-refractivity contribution in [2.75, 3.05) is 13.1 Å². The van der Waals surface area contributed by atoms with Crippen LogP contribution < -0.4 is 4.74 Å². The predicted octanol–water partition coefficient (Wildman–Crippen LogP) is 2.51. The second-order valence-corrected chi connectivity index (χ2v) is 4.68. The maximum atomic E-state index is 12.0. The maximum Gasteiger partial charge on any atom is 0.492 e. The van der Waals surface area contributed by atoms with Crippen LogP contribution in [0.5, 0.6) is 5.75 Å². The van der Waals surface area contributed by atoms with Gasteiger partial charge in [-0.1, -0.05) is 12.1 Å². The Bertz CT molecular complexity index is 528. The highest BCUT2D eigenvalue weighted by Crippen LogP contribution is 2.21. The van der Waals surface area contributed by atoms with Crippen LogP contribution in [-0.2, 0) is 21.0 Å². The van der Waals surface area contributed by atoms with Gasteiger partial charge in [-0.05, 0) is 17.7 Å². The zero-order valence-corrected chi connectivity index (χ0v) is 11.6. The third-order valence-corrected chi connectivity index (χ3v) is 2.89. The van der Waals surface area contributed by atoms with Gasteiger partial charge in [0.1, 0.15) is 5.75 Å². The average molecular weight is 341 g/mol. The quantitative estimate of drug-likeness (QED) is 0.744. The minimum atomic E-state index is -5.03. The minimum absolute atomic E-state index is 0.0117. The van der Waals surface area contributed by atoms with Gasteiger partial charge in [-0.2, -0.15) is 22.0 Å². The van der Waals surface area contributed by atoms with Crippen molar-refractivity contribution in [1.29, 1.82) is 0 Å². The van der Waals surface area contributed by atoms with E-state index in [1.165, 1.54) is 24.3 Å². The Morgan fingerprint density at radius 2 is 1.83 bits per heavy atom. The Hall–Kier alpha value is -1.94. The van der Waals surface area contributed by atoms with E-state index in [0.29, 0.717) is 5.56 Å². The molecule has 0 radical (unpaired) electrons. The second kappa shape index (κ2) is 7.09. The van der Waals surface area contributed by atoms with Gasteiger partial charge in [0.05, 0.1) is 25.8 Å². The Morgan fingerprint density at radius 1 is 1.22 bits per heavy atom. The van der Waals surface area contributed by atoms with E-state index in [2.05, 4.69) is 9.57 Å². The van der Waals surface area contributed by atoms with Gasteiger partial charge in [0, 0.05) is 0 Å². The topological polar surface area (TPSA) is 48.0 Å². The van der Waals surface area contributed by atoms with Gasteiger partial charge < -0.3 is 14.3 Å². The third-order valence-electron chi connectivity index (χ3n) is 2.89. The van der Waals surface area contributed by atoms with Crippen molar-refractivity contribution in [1.82, 2.24) is 5.06 Å². The molecule has 1 aliphatic heterocycles. The van der Waals surface area contributed by atoms with Gasteiger partial charge in [-0.3, -0.25) is 0 Å². The number of hydroxylamine groups is 2. The van der Waals surface area contributed by atoms with E-state index < -0.39 is 18.8 Å². The van der Waals surface area contributed by atoms with Gasteiger partial charge in [0.2, 0.25) is 0 Å². The van der Waals surface area contributed by atoms with E-state index in [4.69, 9.17) is 4.74 Å². The Morgan fingerprint density at radius 3 is 2.35 bits per heavy atom. The first-order chi connectivity index (χ1) is 10.7. The summed E-state index contributed by atoms with van der Waals surface area (Å²) in [6, 6.07) is 5.75. The highest BCUT2D eigenvalue weighted by Gasteiger charge is 2.44. The molecule has 0 unspecified atom stereocenters. The second-order valence-electron chi connectivity index (χ2n) is 4.68. The predicted molar refractivity (Wildman–Crippen MR) is 65.4 cm³/mol. The Kier molecular flexibility index (Phi) is 5.37. The lowest BCUT2D eigenvalue weighted by Gasteiger charge is -2.36. The molecule has 1 aromatic rings. The smallest absolute Gasteiger partial charge is 0.435 e. The number of carbonyl (C=O) groups excluding carboxylic acids is 1. The van der Waals surface area contributed by atoms with Crippen LogP contribution in [0.2, 0.25) is 0 Å². The average Bonchev–Trinajstić information content (AvgIpc) is 2.40. The molecular formula is C13H12F5NO4. The molecule has 0 N–H and O–H groups in total. The summed E-state index contributed by atoms with van der Waals surface area (Å²) in [5.41, 5.74) is 0.678. The summed E-state index contributed by atoms with van der Waals surface area (Å²) in [7, 11) is 0. The molecule has 23 heavy (non-hydrogen) atoms. The van der Waals surface area contributed by atoms with Crippen molar-refractivity contribution < 1.29 is 41.1 Å². The van der Waals surface area contributed by atoms with Crippen molar-refractivity contribution >= 4 is 5.97 Å². The van der Waals surface area contributed by atoms with Crippen LogP contribution in [0.1, 0.15) is 5.56 Å². The number of rotatable bonds is 6. The molecule has 0 aromatic heterocycles. The molecule has 1 aliphatic rings. The number of hydrogen-bond donors (Lipinski definition) is 0. The zero-order chi connectivity index (χ0) is 17.0. The van der Waals surface area contributed by atoms with Crippen LogP contribution in [0.15, 0.2) is 24.3 Å². The Labute approximate surface area is 127 Å². The minimum Gasteiger partial charge on any atom is -0.435 e. The lowest BCUT2D eigenvalue weighted by molar-refractivity contribution is -0.269. The van der Waals surface area contributed by atoms with Crippen LogP contribution in [0.25, 0.3) is 0 Å². The summed E-state index contributed by atoms with van der Waals surface area (Å²) < 4.78 is 69.4. The fourth-order valence-corrected chi connectivity index (χ4v) is 1.73. The fourth-order valence-electron chi connectivity index (χ4n) is 1.73. The first-order valence-corrected chi connectivity index (χ1v) is 6.43. The summed E-state index contributed by atoms with van der Waals surface area (Å²) in [6.45, 7) is -2.72. The first kappa shape index (κ1) is 17.4. The summed E-state index contributed by atoms with van der Waals surface area (Å²) >= 11 is 0. The van der Waals surface area contributed by atoms with Crippen LogP contribution in [-0.4, -0.2) is 43.0 Å².